The Kier molecular flexibility index (Phi) is 6.55. The fraction of sp³-hybridized carbons (Fsp3) is 0.556. The number of hydrogen-bond donors (Lipinski definition) is 2. The van der Waals surface area contributed by atoms with Crippen molar-refractivity contribution in [2.45, 2.75) is 12.6 Å². The fourth-order valence-corrected chi connectivity index (χ4v) is 0.715. The minimum Gasteiger partial charge on any atom is -0.440 e. The molecule has 0 aromatic heterocycles. The summed E-state index contributed by atoms with van der Waals surface area (Å²) in [5, 5.41) is 4.30. The molecule has 0 radical (unpaired) electrons. The summed E-state index contributed by atoms with van der Waals surface area (Å²) in [6.45, 7) is -1.74. The summed E-state index contributed by atoms with van der Waals surface area (Å²) >= 11 is 0. The number of alkyl halides is 3. The van der Waals surface area contributed by atoms with E-state index in [1.807, 2.05) is 5.32 Å². The molecule has 0 saturated carbocycles. The highest BCUT2D eigenvalue weighted by molar-refractivity contribution is 5.77. The van der Waals surface area contributed by atoms with Crippen molar-refractivity contribution in [3.8, 4) is 12.3 Å². The van der Waals surface area contributed by atoms with Gasteiger partial charge in [0.25, 0.3) is 0 Å². The number of nitrogens with one attached hydrogen (secondary N) is 2. The summed E-state index contributed by atoms with van der Waals surface area (Å²) in [7, 11) is 0. The molecular formula is C9H11F3N2O3. The van der Waals surface area contributed by atoms with Crippen LogP contribution in [0, 0.1) is 12.3 Å². The molecule has 0 bridgehead atoms. The van der Waals surface area contributed by atoms with Gasteiger partial charge in [-0.3, -0.25) is 4.79 Å². The number of ether oxygens (including phenoxy) is 1. The summed E-state index contributed by atoms with van der Waals surface area (Å²) in [6.07, 6.45) is -1.02. The van der Waals surface area contributed by atoms with Gasteiger partial charge >= 0.3 is 12.3 Å². The number of carbonyl (C=O) groups is 2. The Labute approximate surface area is 95.7 Å². The van der Waals surface area contributed by atoms with Gasteiger partial charge in [-0.15, -0.1) is 6.42 Å². The normalized spacial score (nSPS) is 10.2. The summed E-state index contributed by atoms with van der Waals surface area (Å²) in [5.41, 5.74) is 0. The van der Waals surface area contributed by atoms with E-state index in [1.165, 1.54) is 0 Å². The molecule has 8 heteroatoms. The van der Waals surface area contributed by atoms with Gasteiger partial charge in [-0.1, -0.05) is 5.92 Å². The molecule has 0 aromatic carbocycles. The molecular weight excluding hydrogens is 241 g/mol. The maximum atomic E-state index is 11.6. The van der Waals surface area contributed by atoms with Crippen LogP contribution in [0.15, 0.2) is 0 Å². The van der Waals surface area contributed by atoms with E-state index in [0.29, 0.717) is 0 Å². The molecule has 0 aliphatic heterocycles. The van der Waals surface area contributed by atoms with E-state index >= 15 is 0 Å². The highest BCUT2D eigenvalue weighted by Gasteiger charge is 2.29. The lowest BCUT2D eigenvalue weighted by molar-refractivity contribution is -0.160. The Balaban J connectivity index is 3.59. The molecule has 0 unspecified atom stereocenters. The molecule has 0 fully saturated rings. The third-order valence-electron chi connectivity index (χ3n) is 1.38. The summed E-state index contributed by atoms with van der Waals surface area (Å²) in [4.78, 5) is 21.6. The van der Waals surface area contributed by atoms with Crippen molar-refractivity contribution >= 4 is 12.0 Å². The van der Waals surface area contributed by atoms with E-state index in [4.69, 9.17) is 6.42 Å². The molecule has 0 spiro atoms. The van der Waals surface area contributed by atoms with Crippen molar-refractivity contribution in [2.24, 2.45) is 0 Å². The second kappa shape index (κ2) is 7.38. The van der Waals surface area contributed by atoms with Crippen molar-refractivity contribution in [3.63, 3.8) is 0 Å². The third kappa shape index (κ3) is 10.4. The van der Waals surface area contributed by atoms with Crippen LogP contribution in [0.2, 0.25) is 0 Å². The van der Waals surface area contributed by atoms with E-state index in [-0.39, 0.29) is 19.5 Å². The van der Waals surface area contributed by atoms with Crippen molar-refractivity contribution in [2.75, 3.05) is 19.7 Å². The number of amides is 2. The Morgan fingerprint density at radius 1 is 1.29 bits per heavy atom. The second-order valence-corrected chi connectivity index (χ2v) is 2.85. The van der Waals surface area contributed by atoms with Gasteiger partial charge in [-0.25, -0.2) is 4.79 Å². The molecule has 2 amide bonds. The highest BCUT2D eigenvalue weighted by Crippen LogP contribution is 2.14. The molecule has 0 aromatic rings. The average Bonchev–Trinajstić information content (AvgIpc) is 2.22. The first-order valence-corrected chi connectivity index (χ1v) is 4.52. The van der Waals surface area contributed by atoms with E-state index in [2.05, 4.69) is 16.0 Å². The van der Waals surface area contributed by atoms with Gasteiger partial charge in [0.05, 0.1) is 6.54 Å². The zero-order chi connectivity index (χ0) is 13.3. The van der Waals surface area contributed by atoms with Crippen LogP contribution >= 0.6 is 0 Å². The molecule has 17 heavy (non-hydrogen) atoms. The van der Waals surface area contributed by atoms with Gasteiger partial charge < -0.3 is 15.4 Å². The van der Waals surface area contributed by atoms with E-state index in [1.54, 1.807) is 0 Å². The highest BCUT2D eigenvalue weighted by atomic mass is 19.4. The first-order chi connectivity index (χ1) is 7.85. The molecule has 5 nitrogen and oxygen atoms in total. The zero-order valence-corrected chi connectivity index (χ0v) is 8.76. The van der Waals surface area contributed by atoms with Crippen LogP contribution in [0.1, 0.15) is 6.42 Å². The van der Waals surface area contributed by atoms with E-state index in [0.717, 1.165) is 0 Å². The van der Waals surface area contributed by atoms with Crippen LogP contribution in [0.3, 0.4) is 0 Å². The number of carbonyl (C=O) groups excluding carboxylic acids is 2. The lowest BCUT2D eigenvalue weighted by atomic mass is 10.4. The van der Waals surface area contributed by atoms with Crippen LogP contribution in [-0.2, 0) is 9.53 Å². The quantitative estimate of drug-likeness (QED) is 0.696. The zero-order valence-electron chi connectivity index (χ0n) is 8.76. The van der Waals surface area contributed by atoms with Crippen molar-refractivity contribution in [1.29, 1.82) is 0 Å². The maximum absolute atomic E-state index is 11.6. The van der Waals surface area contributed by atoms with Gasteiger partial charge in [0.15, 0.2) is 6.61 Å². The molecule has 0 aliphatic rings. The lowest BCUT2D eigenvalue weighted by Gasteiger charge is -2.08. The van der Waals surface area contributed by atoms with Gasteiger partial charge in [0, 0.05) is 13.0 Å². The van der Waals surface area contributed by atoms with Crippen LogP contribution in [0.4, 0.5) is 18.0 Å². The van der Waals surface area contributed by atoms with E-state index in [9.17, 15) is 22.8 Å². The molecule has 0 rings (SSSR count). The van der Waals surface area contributed by atoms with Gasteiger partial charge in [-0.05, 0) is 0 Å². The van der Waals surface area contributed by atoms with Crippen LogP contribution in [0.25, 0.3) is 0 Å². The molecule has 0 aliphatic carbocycles. The molecule has 0 atom stereocenters. The largest absolute Gasteiger partial charge is 0.440 e. The summed E-state index contributed by atoms with van der Waals surface area (Å²) < 4.78 is 38.7. The monoisotopic (exact) mass is 252 g/mol. The smallest absolute Gasteiger partial charge is 0.422 e. The van der Waals surface area contributed by atoms with Crippen LogP contribution in [0.5, 0.6) is 0 Å². The number of hydrogen-bond acceptors (Lipinski definition) is 3. The predicted molar refractivity (Wildman–Crippen MR) is 51.9 cm³/mol. The molecule has 0 saturated heterocycles. The van der Waals surface area contributed by atoms with Crippen LogP contribution in [-0.4, -0.2) is 37.9 Å². The topological polar surface area (TPSA) is 67.4 Å². The van der Waals surface area contributed by atoms with Crippen molar-refractivity contribution < 1.29 is 27.5 Å². The van der Waals surface area contributed by atoms with Crippen LogP contribution < -0.4 is 10.6 Å². The third-order valence-corrected chi connectivity index (χ3v) is 1.38. The minimum atomic E-state index is -4.57. The molecule has 2 N–H and O–H groups in total. The number of terminal acetylenes is 1. The van der Waals surface area contributed by atoms with Crippen molar-refractivity contribution in [3.05, 3.63) is 0 Å². The first kappa shape index (κ1) is 15.1. The Morgan fingerprint density at radius 3 is 2.47 bits per heavy atom. The van der Waals surface area contributed by atoms with Gasteiger partial charge in [-0.2, -0.15) is 13.2 Å². The molecule has 96 valence electrons. The predicted octanol–water partition coefficient (Wildman–Crippen LogP) is 0.414. The number of halogens is 3. The minimum absolute atomic E-state index is 0.0529. The molecule has 0 heterocycles. The van der Waals surface area contributed by atoms with E-state index < -0.39 is 24.8 Å². The Bertz CT molecular complexity index is 310. The van der Waals surface area contributed by atoms with Gasteiger partial charge in [0.1, 0.15) is 0 Å². The standard InChI is InChI=1S/C9H11F3N2O3/c1-2-4-13-7(15)3-5-14-8(16)17-6-9(10,11)12/h1H,3-6H2,(H,13,15)(H,14,16). The Morgan fingerprint density at radius 2 is 1.94 bits per heavy atom. The SMILES string of the molecule is C#CCNC(=O)CCNC(=O)OCC(F)(F)F. The van der Waals surface area contributed by atoms with Crippen molar-refractivity contribution in [1.82, 2.24) is 10.6 Å². The maximum Gasteiger partial charge on any atom is 0.422 e. The fourth-order valence-electron chi connectivity index (χ4n) is 0.715. The second-order valence-electron chi connectivity index (χ2n) is 2.85. The number of alkyl carbamates (subject to hydrolysis) is 1. The first-order valence-electron chi connectivity index (χ1n) is 4.52. The Hall–Kier alpha value is -1.91. The van der Waals surface area contributed by atoms with Gasteiger partial charge in [0.2, 0.25) is 5.91 Å². The lowest BCUT2D eigenvalue weighted by Crippen LogP contribution is -2.33. The number of rotatable bonds is 5. The summed E-state index contributed by atoms with van der Waals surface area (Å²) in [6, 6.07) is 0. The average molecular weight is 252 g/mol. The summed E-state index contributed by atoms with van der Waals surface area (Å²) in [5.74, 6) is 1.75.